The van der Waals surface area contributed by atoms with Gasteiger partial charge >= 0.3 is 6.20 Å². The van der Waals surface area contributed by atoms with Crippen molar-refractivity contribution < 1.29 is 0 Å². The minimum absolute atomic E-state index is 0.339. The van der Waals surface area contributed by atoms with Crippen LogP contribution < -0.4 is 5.32 Å². The molecule has 0 fully saturated rings. The Bertz CT molecular complexity index is 125. The first kappa shape index (κ1) is 6.57. The van der Waals surface area contributed by atoms with Crippen LogP contribution in [0.1, 0.15) is 20.8 Å². The summed E-state index contributed by atoms with van der Waals surface area (Å²) in [7, 11) is 0. The molecular weight excluding hydrogens is 110 g/mol. The molecule has 1 rings (SSSR count). The van der Waals surface area contributed by atoms with Gasteiger partial charge in [0.15, 0.2) is 6.08 Å². The summed E-state index contributed by atoms with van der Waals surface area (Å²) in [5.74, 6) is 0.721. The van der Waals surface area contributed by atoms with E-state index in [2.05, 4.69) is 38.4 Å². The largest absolute Gasteiger partial charge is 0.363 e. The van der Waals surface area contributed by atoms with Crippen LogP contribution in [0, 0.1) is 17.5 Å². The summed E-state index contributed by atoms with van der Waals surface area (Å²) >= 11 is 0. The van der Waals surface area contributed by atoms with Crippen molar-refractivity contribution >= 4 is 0 Å². The maximum Gasteiger partial charge on any atom is 0.363 e. The average Bonchev–Trinajstić information content (AvgIpc) is 1.77. The molecule has 0 spiro atoms. The van der Waals surface area contributed by atoms with Gasteiger partial charge in [-0.15, -0.1) is 0 Å². The highest BCUT2D eigenvalue weighted by Crippen LogP contribution is 2.28. The maximum absolute atomic E-state index is 3.08. The van der Waals surface area contributed by atoms with E-state index in [1.165, 1.54) is 0 Å². The number of hydrogen-bond acceptors (Lipinski definition) is 1. The summed E-state index contributed by atoms with van der Waals surface area (Å²) < 4.78 is 0. The van der Waals surface area contributed by atoms with Gasteiger partial charge in [0, 0.05) is 5.41 Å². The second-order valence-electron chi connectivity index (χ2n) is 3.39. The Balaban J connectivity index is 2.68. The lowest BCUT2D eigenvalue weighted by Crippen LogP contribution is -2.32. The van der Waals surface area contributed by atoms with Gasteiger partial charge in [-0.2, -0.15) is 5.32 Å². The summed E-state index contributed by atoms with van der Waals surface area (Å²) in [5.41, 5.74) is 0.339. The lowest BCUT2D eigenvalue weighted by molar-refractivity contribution is 0.284. The summed E-state index contributed by atoms with van der Waals surface area (Å²) in [6, 6.07) is 0. The average molecular weight is 124 g/mol. The van der Waals surface area contributed by atoms with Crippen molar-refractivity contribution in [2.45, 2.75) is 20.8 Å². The van der Waals surface area contributed by atoms with E-state index in [1.807, 2.05) is 0 Å². The second-order valence-corrected chi connectivity index (χ2v) is 3.39. The van der Waals surface area contributed by atoms with Crippen molar-refractivity contribution in [3.8, 4) is 0 Å². The molecule has 1 heterocycles. The molecule has 1 heteroatoms. The second kappa shape index (κ2) is 2.00. The standard InChI is InChI=1S/C8H14N/c1-7-6-9-5-4-8(7,2)3/h4,7,9H,6H2,1-3H3/q+1. The van der Waals surface area contributed by atoms with Gasteiger partial charge in [0.1, 0.15) is 0 Å². The Morgan fingerprint density at radius 2 is 2.33 bits per heavy atom. The highest BCUT2D eigenvalue weighted by Gasteiger charge is 2.31. The van der Waals surface area contributed by atoms with Crippen molar-refractivity contribution in [3.05, 3.63) is 12.3 Å². The molecule has 0 aromatic rings. The van der Waals surface area contributed by atoms with Crippen molar-refractivity contribution in [1.82, 2.24) is 5.32 Å². The van der Waals surface area contributed by atoms with E-state index in [-0.39, 0.29) is 0 Å². The van der Waals surface area contributed by atoms with E-state index < -0.39 is 0 Å². The van der Waals surface area contributed by atoms with Crippen LogP contribution in [0.2, 0.25) is 0 Å². The Morgan fingerprint density at radius 1 is 1.67 bits per heavy atom. The van der Waals surface area contributed by atoms with Crippen LogP contribution in [0.3, 0.4) is 0 Å². The lowest BCUT2D eigenvalue weighted by atomic mass is 9.78. The van der Waals surface area contributed by atoms with Gasteiger partial charge in [0.2, 0.25) is 0 Å². The van der Waals surface area contributed by atoms with Crippen molar-refractivity contribution in [1.29, 1.82) is 0 Å². The fourth-order valence-electron chi connectivity index (χ4n) is 0.854. The molecular formula is C8H14N+. The highest BCUT2D eigenvalue weighted by atomic mass is 14.8. The van der Waals surface area contributed by atoms with E-state index in [4.69, 9.17) is 0 Å². The van der Waals surface area contributed by atoms with E-state index in [0.29, 0.717) is 5.41 Å². The molecule has 50 valence electrons. The van der Waals surface area contributed by atoms with Gasteiger partial charge in [-0.3, -0.25) is 0 Å². The molecule has 0 aromatic carbocycles. The molecule has 9 heavy (non-hydrogen) atoms. The van der Waals surface area contributed by atoms with Gasteiger partial charge in [-0.1, -0.05) is 20.8 Å². The molecule has 1 aliphatic heterocycles. The molecule has 0 aromatic heterocycles. The van der Waals surface area contributed by atoms with Crippen LogP contribution >= 0.6 is 0 Å². The first-order valence-corrected chi connectivity index (χ1v) is 3.46. The minimum Gasteiger partial charge on any atom is -0.186 e. The maximum atomic E-state index is 3.08. The van der Waals surface area contributed by atoms with E-state index in [1.54, 1.807) is 0 Å². The zero-order valence-corrected chi connectivity index (χ0v) is 6.36. The van der Waals surface area contributed by atoms with Gasteiger partial charge in [-0.05, 0) is 5.92 Å². The van der Waals surface area contributed by atoms with Crippen LogP contribution in [-0.2, 0) is 0 Å². The third-order valence-electron chi connectivity index (χ3n) is 2.22. The fraction of sp³-hybridized carbons (Fsp3) is 0.750. The van der Waals surface area contributed by atoms with Crippen LogP contribution in [0.25, 0.3) is 0 Å². The summed E-state index contributed by atoms with van der Waals surface area (Å²) in [4.78, 5) is 0. The Morgan fingerprint density at radius 3 is 2.67 bits per heavy atom. The molecule has 0 saturated heterocycles. The van der Waals surface area contributed by atoms with Gasteiger partial charge in [-0.25, -0.2) is 0 Å². The van der Waals surface area contributed by atoms with E-state index in [9.17, 15) is 0 Å². The molecule has 1 atom stereocenters. The summed E-state index contributed by atoms with van der Waals surface area (Å²) in [6.07, 6.45) is 5.14. The van der Waals surface area contributed by atoms with Crippen molar-refractivity contribution in [3.63, 3.8) is 0 Å². The van der Waals surface area contributed by atoms with Gasteiger partial charge < -0.3 is 0 Å². The quantitative estimate of drug-likeness (QED) is 0.483. The molecule has 1 N–H and O–H groups in total. The Hall–Kier alpha value is -0.550. The summed E-state index contributed by atoms with van der Waals surface area (Å²) in [5, 5.41) is 3.08. The topological polar surface area (TPSA) is 12.0 Å². The molecule has 0 saturated carbocycles. The predicted molar refractivity (Wildman–Crippen MR) is 38.8 cm³/mol. The molecule has 0 radical (unpaired) electrons. The fourth-order valence-corrected chi connectivity index (χ4v) is 0.854. The van der Waals surface area contributed by atoms with Crippen LogP contribution in [0.4, 0.5) is 0 Å². The predicted octanol–water partition coefficient (Wildman–Crippen LogP) is 1.57. The van der Waals surface area contributed by atoms with Gasteiger partial charge in [0.05, 0.1) is 6.54 Å². The minimum atomic E-state index is 0.339. The zero-order chi connectivity index (χ0) is 6.91. The third-order valence-corrected chi connectivity index (χ3v) is 2.22. The van der Waals surface area contributed by atoms with Crippen molar-refractivity contribution in [2.24, 2.45) is 11.3 Å². The highest BCUT2D eigenvalue weighted by molar-refractivity contribution is 4.97. The first-order chi connectivity index (χ1) is 4.13. The Kier molecular flexibility index (Phi) is 1.46. The third kappa shape index (κ3) is 1.22. The SMILES string of the molecule is CC1CN[C+]=CC1(C)C. The number of nitrogens with one attached hydrogen (secondary N) is 1. The van der Waals surface area contributed by atoms with E-state index >= 15 is 0 Å². The van der Waals surface area contributed by atoms with Crippen LogP contribution in [0.5, 0.6) is 0 Å². The molecule has 0 bridgehead atoms. The summed E-state index contributed by atoms with van der Waals surface area (Å²) in [6.45, 7) is 7.80. The van der Waals surface area contributed by atoms with Crippen molar-refractivity contribution in [2.75, 3.05) is 6.54 Å². The molecule has 0 amide bonds. The molecule has 1 nitrogen and oxygen atoms in total. The lowest BCUT2D eigenvalue weighted by Gasteiger charge is -2.24. The monoisotopic (exact) mass is 124 g/mol. The smallest absolute Gasteiger partial charge is 0.186 e. The number of rotatable bonds is 0. The van der Waals surface area contributed by atoms with Crippen LogP contribution in [0.15, 0.2) is 6.08 Å². The Labute approximate surface area is 57.1 Å². The molecule has 1 aliphatic rings. The van der Waals surface area contributed by atoms with E-state index in [0.717, 1.165) is 12.5 Å². The molecule has 1 unspecified atom stereocenters. The molecule has 0 aliphatic carbocycles. The normalized spacial score (nSPS) is 30.8. The van der Waals surface area contributed by atoms with Gasteiger partial charge in [0.25, 0.3) is 0 Å². The number of allylic oxidation sites excluding steroid dienone is 1. The zero-order valence-electron chi connectivity index (χ0n) is 6.36. The number of hydrogen-bond donors (Lipinski definition) is 1. The van der Waals surface area contributed by atoms with Crippen LogP contribution in [-0.4, -0.2) is 6.54 Å². The first-order valence-electron chi connectivity index (χ1n) is 3.46.